The fourth-order valence-corrected chi connectivity index (χ4v) is 5.09. The molecule has 2 saturated heterocycles. The molecule has 0 radical (unpaired) electrons. The molecule has 3 amide bonds. The molecule has 5 rings (SSSR count). The molecule has 47 heavy (non-hydrogen) atoms. The lowest BCUT2D eigenvalue weighted by molar-refractivity contribution is -0.116. The van der Waals surface area contributed by atoms with Crippen LogP contribution in [0.3, 0.4) is 0 Å². The minimum atomic E-state index is -0.914. The van der Waals surface area contributed by atoms with Gasteiger partial charge in [0, 0.05) is 24.2 Å². The van der Waals surface area contributed by atoms with Crippen molar-refractivity contribution in [3.63, 3.8) is 0 Å². The summed E-state index contributed by atoms with van der Waals surface area (Å²) in [4.78, 5) is 40.4. The molecule has 15 heteroatoms. The largest absolute Gasteiger partial charge is 0.448 e. The van der Waals surface area contributed by atoms with Crippen LogP contribution in [0.25, 0.3) is 0 Å². The lowest BCUT2D eigenvalue weighted by atomic mass is 10.0. The number of nitrogens with one attached hydrogen (secondary N) is 5. The van der Waals surface area contributed by atoms with Gasteiger partial charge in [-0.05, 0) is 54.8 Å². The number of hydrogen-bond acceptors (Lipinski definition) is 9. The summed E-state index contributed by atoms with van der Waals surface area (Å²) in [5, 5.41) is 14.2. The molecule has 12 nitrogen and oxygen atoms in total. The fraction of sp³-hybridized carbons (Fsp3) is 0.375. The molecule has 0 aliphatic carbocycles. The van der Waals surface area contributed by atoms with Gasteiger partial charge in [-0.3, -0.25) is 9.78 Å². The summed E-state index contributed by atoms with van der Waals surface area (Å²) in [7, 11) is 0. The van der Waals surface area contributed by atoms with Crippen LogP contribution in [0.5, 0.6) is 0 Å². The van der Waals surface area contributed by atoms with E-state index < -0.39 is 47.7 Å². The number of benzene rings is 2. The number of hydrogen-bond donors (Lipinski definition) is 5. The molecule has 2 aliphatic heterocycles. The molecule has 1 aromatic heterocycles. The van der Waals surface area contributed by atoms with Gasteiger partial charge in [-0.15, -0.1) is 0 Å². The van der Waals surface area contributed by atoms with Crippen LogP contribution in [0, 0.1) is 17.5 Å². The van der Waals surface area contributed by atoms with E-state index in [0.717, 1.165) is 6.20 Å². The molecule has 0 saturated carbocycles. The van der Waals surface area contributed by atoms with Crippen molar-refractivity contribution >= 4 is 29.5 Å². The van der Waals surface area contributed by atoms with E-state index in [9.17, 15) is 23.2 Å². The highest BCUT2D eigenvalue weighted by molar-refractivity contribution is 5.96. The predicted octanol–water partition coefficient (Wildman–Crippen LogP) is 3.29. The summed E-state index contributed by atoms with van der Waals surface area (Å²) in [5.74, 6) is -1.89. The van der Waals surface area contributed by atoms with Gasteiger partial charge in [0.2, 0.25) is 5.91 Å². The summed E-state index contributed by atoms with van der Waals surface area (Å²) >= 11 is 0. The number of morpholine rings is 1. The van der Waals surface area contributed by atoms with Gasteiger partial charge in [-0.2, -0.15) is 0 Å². The second-order valence-electron chi connectivity index (χ2n) is 11.2. The van der Waals surface area contributed by atoms with Crippen molar-refractivity contribution in [1.29, 1.82) is 0 Å². The second kappa shape index (κ2) is 16.1. The van der Waals surface area contributed by atoms with Crippen LogP contribution in [0.1, 0.15) is 17.5 Å². The number of ether oxygens (including phenoxy) is 3. The van der Waals surface area contributed by atoms with Crippen molar-refractivity contribution in [2.45, 2.75) is 43.6 Å². The highest BCUT2D eigenvalue weighted by Gasteiger charge is 2.26. The Morgan fingerprint density at radius 2 is 1.74 bits per heavy atom. The standard InChI is InChI=1S/C32H35F3N6O6/c33-20-3-1-19(2-4-20)11-28(30(42)40-22-7-5-21(34)6-8-22)41-29-16-36-15-27(35)26(29)10-9-24-12-37-23(17-45-24)18-46-31(43)38-13-25-14-39-32(44)47-25/h1-8,15-16,23-25,28,37,41H,9-14,17-18H2,(H,38,43)(H,39,44)(H,40,42)/t23-,24+,25?,28-/m0/s1. The zero-order valence-corrected chi connectivity index (χ0v) is 25.3. The van der Waals surface area contributed by atoms with E-state index in [1.54, 1.807) is 12.1 Å². The Morgan fingerprint density at radius 3 is 2.43 bits per heavy atom. The van der Waals surface area contributed by atoms with Crippen molar-refractivity contribution in [2.75, 3.05) is 43.5 Å². The van der Waals surface area contributed by atoms with Crippen molar-refractivity contribution in [1.82, 2.24) is 20.9 Å². The van der Waals surface area contributed by atoms with Gasteiger partial charge in [0.05, 0.1) is 49.9 Å². The Hall–Kier alpha value is -4.89. The van der Waals surface area contributed by atoms with Gasteiger partial charge < -0.3 is 40.8 Å². The summed E-state index contributed by atoms with van der Waals surface area (Å²) in [6.07, 6.45) is 1.49. The number of alkyl carbamates (subject to hydrolysis) is 2. The number of anilines is 2. The number of halogens is 3. The van der Waals surface area contributed by atoms with E-state index in [-0.39, 0.29) is 44.7 Å². The molecule has 4 atom stereocenters. The normalized spacial score (nSPS) is 19.6. The van der Waals surface area contributed by atoms with Gasteiger partial charge in [0.25, 0.3) is 0 Å². The topological polar surface area (TPSA) is 152 Å². The zero-order chi connectivity index (χ0) is 33.2. The molecule has 2 aliphatic rings. The van der Waals surface area contributed by atoms with E-state index >= 15 is 4.39 Å². The number of rotatable bonds is 13. The van der Waals surface area contributed by atoms with Gasteiger partial charge in [0.1, 0.15) is 36.2 Å². The molecular formula is C32H35F3N6O6. The molecule has 2 aromatic carbocycles. The summed E-state index contributed by atoms with van der Waals surface area (Å²) < 4.78 is 58.2. The summed E-state index contributed by atoms with van der Waals surface area (Å²) in [6.45, 7) is 1.19. The molecule has 0 spiro atoms. The van der Waals surface area contributed by atoms with E-state index in [1.807, 2.05) is 0 Å². The van der Waals surface area contributed by atoms with Gasteiger partial charge in [0.15, 0.2) is 0 Å². The maximum absolute atomic E-state index is 15.1. The summed E-state index contributed by atoms with van der Waals surface area (Å²) in [5.41, 5.74) is 1.67. The van der Waals surface area contributed by atoms with Crippen molar-refractivity contribution < 1.29 is 41.8 Å². The first-order chi connectivity index (χ1) is 22.7. The number of carbonyl (C=O) groups is 3. The maximum atomic E-state index is 15.1. The van der Waals surface area contributed by atoms with Gasteiger partial charge >= 0.3 is 12.2 Å². The van der Waals surface area contributed by atoms with E-state index in [4.69, 9.17) is 14.2 Å². The quantitative estimate of drug-likeness (QED) is 0.187. The van der Waals surface area contributed by atoms with Gasteiger partial charge in [-0.25, -0.2) is 22.8 Å². The van der Waals surface area contributed by atoms with Crippen LogP contribution in [0.15, 0.2) is 60.9 Å². The van der Waals surface area contributed by atoms with E-state index in [0.29, 0.717) is 42.0 Å². The van der Waals surface area contributed by atoms with Crippen LogP contribution >= 0.6 is 0 Å². The lowest BCUT2D eigenvalue weighted by Gasteiger charge is -2.30. The Labute approximate surface area is 268 Å². The molecule has 2 fully saturated rings. The number of carbonyl (C=O) groups excluding carboxylic acids is 3. The third kappa shape index (κ3) is 10.0. The highest BCUT2D eigenvalue weighted by Crippen LogP contribution is 2.23. The molecule has 0 bridgehead atoms. The van der Waals surface area contributed by atoms with Crippen molar-refractivity contribution in [2.24, 2.45) is 0 Å². The minimum Gasteiger partial charge on any atom is -0.448 e. The molecule has 3 aromatic rings. The Morgan fingerprint density at radius 1 is 1.00 bits per heavy atom. The predicted molar refractivity (Wildman–Crippen MR) is 164 cm³/mol. The zero-order valence-electron chi connectivity index (χ0n) is 25.3. The van der Waals surface area contributed by atoms with Crippen LogP contribution in [0.4, 0.5) is 34.1 Å². The first-order valence-electron chi connectivity index (χ1n) is 15.1. The van der Waals surface area contributed by atoms with Gasteiger partial charge in [-0.1, -0.05) is 12.1 Å². The van der Waals surface area contributed by atoms with Crippen LogP contribution in [-0.2, 0) is 31.8 Å². The second-order valence-corrected chi connectivity index (χ2v) is 11.2. The third-order valence-corrected chi connectivity index (χ3v) is 7.64. The maximum Gasteiger partial charge on any atom is 0.407 e. The minimum absolute atomic E-state index is 0.0593. The number of cyclic esters (lactones) is 1. The number of aromatic nitrogens is 1. The van der Waals surface area contributed by atoms with E-state index in [2.05, 4.69) is 31.6 Å². The first-order valence-corrected chi connectivity index (χ1v) is 15.1. The molecule has 3 heterocycles. The third-order valence-electron chi connectivity index (χ3n) is 7.64. The number of nitrogens with zero attached hydrogens (tertiary/aromatic N) is 1. The monoisotopic (exact) mass is 656 g/mol. The Kier molecular flexibility index (Phi) is 11.5. The number of amides is 3. The first kappa shape index (κ1) is 33.5. The molecule has 5 N–H and O–H groups in total. The summed E-state index contributed by atoms with van der Waals surface area (Å²) in [6, 6.07) is 9.83. The van der Waals surface area contributed by atoms with Crippen LogP contribution in [-0.4, -0.2) is 80.2 Å². The molecular weight excluding hydrogens is 621 g/mol. The van der Waals surface area contributed by atoms with Crippen LogP contribution in [0.2, 0.25) is 0 Å². The van der Waals surface area contributed by atoms with Crippen LogP contribution < -0.4 is 26.6 Å². The molecule has 1 unspecified atom stereocenters. The lowest BCUT2D eigenvalue weighted by Crippen LogP contribution is -2.49. The molecule has 250 valence electrons. The smallest absolute Gasteiger partial charge is 0.407 e. The fourth-order valence-electron chi connectivity index (χ4n) is 5.09. The van der Waals surface area contributed by atoms with Crippen molar-refractivity contribution in [3.8, 4) is 0 Å². The Bertz CT molecular complexity index is 1520. The average molecular weight is 657 g/mol. The average Bonchev–Trinajstić information content (AvgIpc) is 3.49. The number of pyridine rings is 1. The highest BCUT2D eigenvalue weighted by atomic mass is 19.1. The SMILES string of the molecule is O=C(NCC1CNC(=O)O1)OC[C@@H]1CO[C@H](CCc2c(F)cncc2N[C@@H](Cc2ccc(F)cc2)C(=O)Nc2ccc(F)cc2)CN1. The van der Waals surface area contributed by atoms with E-state index in [1.165, 1.54) is 42.6 Å². The Balaban J connectivity index is 1.14. The van der Waals surface area contributed by atoms with Crippen molar-refractivity contribution in [3.05, 3.63) is 89.5 Å².